The van der Waals surface area contributed by atoms with E-state index in [4.69, 9.17) is 10.6 Å². The summed E-state index contributed by atoms with van der Waals surface area (Å²) in [7, 11) is 0. The third kappa shape index (κ3) is 4.17. The first-order valence-corrected chi connectivity index (χ1v) is 5.52. The lowest BCUT2D eigenvalue weighted by Gasteiger charge is -2.10. The van der Waals surface area contributed by atoms with Crippen LogP contribution in [0.4, 0.5) is 0 Å². The number of benzene rings is 1. The van der Waals surface area contributed by atoms with Gasteiger partial charge in [0.05, 0.1) is 6.04 Å². The summed E-state index contributed by atoms with van der Waals surface area (Å²) in [5, 5.41) is 12.3. The van der Waals surface area contributed by atoms with E-state index < -0.39 is 12.0 Å². The molecule has 0 saturated heterocycles. The summed E-state index contributed by atoms with van der Waals surface area (Å²) in [6.45, 7) is 2.06. The molecule has 0 saturated carbocycles. The molecule has 0 amide bonds. The number of nitrogens with zero attached hydrogens (tertiary/aromatic N) is 3. The van der Waals surface area contributed by atoms with Gasteiger partial charge in [-0.05, 0) is 29.5 Å². The van der Waals surface area contributed by atoms with E-state index in [-0.39, 0.29) is 6.42 Å². The lowest BCUT2D eigenvalue weighted by Crippen LogP contribution is -2.01. The van der Waals surface area contributed by atoms with Gasteiger partial charge in [0.2, 0.25) is 0 Å². The number of rotatable bonds is 6. The van der Waals surface area contributed by atoms with Gasteiger partial charge in [-0.25, -0.2) is 0 Å². The van der Waals surface area contributed by atoms with Crippen molar-refractivity contribution < 1.29 is 9.90 Å². The second-order valence-electron chi connectivity index (χ2n) is 3.75. The summed E-state index contributed by atoms with van der Waals surface area (Å²) in [4.78, 5) is 13.3. The average molecular weight is 233 g/mol. The Labute approximate surface area is 99.7 Å². The Kier molecular flexibility index (Phi) is 5.04. The van der Waals surface area contributed by atoms with Crippen LogP contribution in [0.2, 0.25) is 0 Å². The zero-order chi connectivity index (χ0) is 12.7. The quantitative estimate of drug-likeness (QED) is 0.463. The molecule has 1 unspecified atom stereocenters. The molecule has 5 heteroatoms. The number of aryl methyl sites for hydroxylation is 1. The molecule has 0 heterocycles. The minimum Gasteiger partial charge on any atom is -0.481 e. The summed E-state index contributed by atoms with van der Waals surface area (Å²) in [5.74, 6) is -0.881. The van der Waals surface area contributed by atoms with Crippen molar-refractivity contribution in [2.45, 2.75) is 32.2 Å². The van der Waals surface area contributed by atoms with Crippen LogP contribution in [0, 0.1) is 0 Å². The Balaban J connectivity index is 2.81. The van der Waals surface area contributed by atoms with Crippen LogP contribution < -0.4 is 0 Å². The molecule has 0 fully saturated rings. The van der Waals surface area contributed by atoms with Crippen LogP contribution in [0.5, 0.6) is 0 Å². The summed E-state index contributed by atoms with van der Waals surface area (Å²) in [6.07, 6.45) is 1.27. The molecule has 1 atom stereocenters. The van der Waals surface area contributed by atoms with E-state index in [1.54, 1.807) is 0 Å². The third-order valence-electron chi connectivity index (χ3n) is 2.60. The van der Waals surface area contributed by atoms with E-state index in [1.165, 1.54) is 5.56 Å². The minimum atomic E-state index is -0.881. The predicted octanol–water partition coefficient (Wildman–Crippen LogP) is 3.47. The molecule has 90 valence electrons. The zero-order valence-corrected chi connectivity index (χ0v) is 9.71. The van der Waals surface area contributed by atoms with Crippen LogP contribution in [0.25, 0.3) is 10.4 Å². The van der Waals surface area contributed by atoms with Gasteiger partial charge in [-0.2, -0.15) is 0 Å². The van der Waals surface area contributed by atoms with Crippen LogP contribution in [-0.2, 0) is 11.2 Å². The van der Waals surface area contributed by atoms with Gasteiger partial charge in [-0.1, -0.05) is 36.3 Å². The highest BCUT2D eigenvalue weighted by Crippen LogP contribution is 2.23. The fraction of sp³-hybridized carbons (Fsp3) is 0.417. The molecule has 0 aliphatic carbocycles. The first kappa shape index (κ1) is 13.1. The van der Waals surface area contributed by atoms with Crippen molar-refractivity contribution in [2.24, 2.45) is 5.11 Å². The number of carboxylic acid groups (broad SMARTS) is 1. The van der Waals surface area contributed by atoms with Crippen LogP contribution in [-0.4, -0.2) is 11.1 Å². The summed E-state index contributed by atoms with van der Waals surface area (Å²) >= 11 is 0. The molecule has 0 aliphatic heterocycles. The van der Waals surface area contributed by atoms with Gasteiger partial charge in [-0.3, -0.25) is 4.79 Å². The molecular weight excluding hydrogens is 218 g/mol. The van der Waals surface area contributed by atoms with Crippen LogP contribution in [0.15, 0.2) is 29.4 Å². The lowest BCUT2D eigenvalue weighted by atomic mass is 10.0. The third-order valence-corrected chi connectivity index (χ3v) is 2.60. The number of azide groups is 1. The molecule has 1 rings (SSSR count). The zero-order valence-electron chi connectivity index (χ0n) is 9.71. The molecule has 0 aliphatic rings. The van der Waals surface area contributed by atoms with Gasteiger partial charge in [0.25, 0.3) is 0 Å². The van der Waals surface area contributed by atoms with E-state index in [9.17, 15) is 4.79 Å². The fourth-order valence-corrected chi connectivity index (χ4v) is 1.59. The first-order chi connectivity index (χ1) is 8.17. The number of hydrogen-bond acceptors (Lipinski definition) is 2. The van der Waals surface area contributed by atoms with E-state index in [0.717, 1.165) is 12.0 Å². The van der Waals surface area contributed by atoms with Gasteiger partial charge >= 0.3 is 5.97 Å². The molecule has 0 bridgehead atoms. The van der Waals surface area contributed by atoms with Crippen molar-refractivity contribution in [1.29, 1.82) is 0 Å². The van der Waals surface area contributed by atoms with Gasteiger partial charge < -0.3 is 5.11 Å². The summed E-state index contributed by atoms with van der Waals surface area (Å²) in [6, 6.07) is 7.31. The highest BCUT2D eigenvalue weighted by Gasteiger charge is 2.11. The summed E-state index contributed by atoms with van der Waals surface area (Å²) in [5.41, 5.74) is 10.5. The molecule has 0 aromatic heterocycles. The second-order valence-corrected chi connectivity index (χ2v) is 3.75. The molecule has 1 N–H and O–H groups in total. The van der Waals surface area contributed by atoms with Gasteiger partial charge in [0.1, 0.15) is 0 Å². The van der Waals surface area contributed by atoms with Crippen LogP contribution >= 0.6 is 0 Å². The number of hydrogen-bond donors (Lipinski definition) is 1. The average Bonchev–Trinajstić information content (AvgIpc) is 2.34. The topological polar surface area (TPSA) is 86.1 Å². The molecule has 0 spiro atoms. The molecule has 17 heavy (non-hydrogen) atoms. The standard InChI is InChI=1S/C12H15N3O2/c1-2-9-3-5-10(6-4-9)11(14-15-13)7-8-12(16)17/h3-6,11H,2,7-8H2,1H3,(H,16,17). The van der Waals surface area contributed by atoms with Crippen LogP contribution in [0.1, 0.15) is 36.9 Å². The second kappa shape index (κ2) is 6.55. The van der Waals surface area contributed by atoms with Crippen molar-refractivity contribution in [2.75, 3.05) is 0 Å². The smallest absolute Gasteiger partial charge is 0.303 e. The Hall–Kier alpha value is -2.00. The number of aliphatic carboxylic acids is 1. The lowest BCUT2D eigenvalue weighted by molar-refractivity contribution is -0.137. The maximum absolute atomic E-state index is 10.5. The molecule has 5 nitrogen and oxygen atoms in total. The van der Waals surface area contributed by atoms with Crippen molar-refractivity contribution in [3.63, 3.8) is 0 Å². The Bertz CT molecular complexity index is 422. The summed E-state index contributed by atoms with van der Waals surface area (Å²) < 4.78 is 0. The highest BCUT2D eigenvalue weighted by molar-refractivity contribution is 5.66. The predicted molar refractivity (Wildman–Crippen MR) is 64.6 cm³/mol. The monoisotopic (exact) mass is 233 g/mol. The molecule has 1 aromatic rings. The van der Waals surface area contributed by atoms with Gasteiger partial charge in [-0.15, -0.1) is 0 Å². The maximum atomic E-state index is 10.5. The normalized spacial score (nSPS) is 11.6. The van der Waals surface area contributed by atoms with Gasteiger partial charge in [0, 0.05) is 11.3 Å². The number of carbonyl (C=O) groups is 1. The highest BCUT2D eigenvalue weighted by atomic mass is 16.4. The van der Waals surface area contributed by atoms with Crippen LogP contribution in [0.3, 0.4) is 0 Å². The Morgan fingerprint density at radius 2 is 2.12 bits per heavy atom. The van der Waals surface area contributed by atoms with E-state index in [2.05, 4.69) is 16.9 Å². The SMILES string of the molecule is CCc1ccc(C(CCC(=O)O)N=[N+]=[N-])cc1. The van der Waals surface area contributed by atoms with Crippen molar-refractivity contribution >= 4 is 5.97 Å². The van der Waals surface area contributed by atoms with E-state index in [1.807, 2.05) is 24.3 Å². The maximum Gasteiger partial charge on any atom is 0.303 e. The molecular formula is C12H15N3O2. The number of carboxylic acids is 1. The van der Waals surface area contributed by atoms with E-state index in [0.29, 0.717) is 6.42 Å². The first-order valence-electron chi connectivity index (χ1n) is 5.52. The van der Waals surface area contributed by atoms with Crippen molar-refractivity contribution in [3.05, 3.63) is 45.8 Å². The largest absolute Gasteiger partial charge is 0.481 e. The van der Waals surface area contributed by atoms with Gasteiger partial charge in [0.15, 0.2) is 0 Å². The minimum absolute atomic E-state index is 0.000778. The fourth-order valence-electron chi connectivity index (χ4n) is 1.59. The van der Waals surface area contributed by atoms with Crippen molar-refractivity contribution in [3.8, 4) is 0 Å². The van der Waals surface area contributed by atoms with E-state index >= 15 is 0 Å². The Morgan fingerprint density at radius 1 is 1.47 bits per heavy atom. The molecule has 1 aromatic carbocycles. The Morgan fingerprint density at radius 3 is 2.59 bits per heavy atom. The van der Waals surface area contributed by atoms with Crippen molar-refractivity contribution in [1.82, 2.24) is 0 Å². The molecule has 0 radical (unpaired) electrons.